The van der Waals surface area contributed by atoms with Gasteiger partial charge >= 0.3 is 6.16 Å². The number of hydrogen-bond acceptors (Lipinski definition) is 2. The van der Waals surface area contributed by atoms with E-state index in [1.54, 1.807) is 0 Å². The smallest absolute Gasteiger partial charge is 0.450 e. The summed E-state index contributed by atoms with van der Waals surface area (Å²) in [4.78, 5) is 10.6. The first kappa shape index (κ1) is 13.6. The van der Waals surface area contributed by atoms with Crippen LogP contribution in [0.5, 0.6) is 0 Å². The van der Waals surface area contributed by atoms with Crippen LogP contribution in [0.3, 0.4) is 0 Å². The van der Waals surface area contributed by atoms with Crippen molar-refractivity contribution in [2.75, 3.05) is 0 Å². The number of carboxylic acid groups (broad SMARTS) is 1. The van der Waals surface area contributed by atoms with Gasteiger partial charge in [-0.05, 0) is 18.4 Å². The molecule has 1 atom stereocenters. The lowest BCUT2D eigenvalue weighted by Crippen LogP contribution is -2.19. The Labute approximate surface area is 102 Å². The van der Waals surface area contributed by atoms with Crippen molar-refractivity contribution in [3.63, 3.8) is 0 Å². The molecule has 0 saturated heterocycles. The molecule has 0 aliphatic carbocycles. The maximum absolute atomic E-state index is 10.6. The molecule has 94 valence electrons. The van der Waals surface area contributed by atoms with E-state index in [9.17, 15) is 4.79 Å². The highest BCUT2D eigenvalue weighted by Gasteiger charge is 2.13. The van der Waals surface area contributed by atoms with E-state index < -0.39 is 6.16 Å². The summed E-state index contributed by atoms with van der Waals surface area (Å²) in [6.45, 7) is 2.13. The van der Waals surface area contributed by atoms with Gasteiger partial charge in [-0.3, -0.25) is 0 Å². The molecule has 1 aromatic rings. The zero-order valence-corrected chi connectivity index (χ0v) is 10.3. The fourth-order valence-electron chi connectivity index (χ4n) is 1.84. The highest BCUT2D eigenvalue weighted by molar-refractivity contribution is 5.57. The fraction of sp³-hybridized carbons (Fsp3) is 0.500. The molecule has 0 saturated carbocycles. The van der Waals surface area contributed by atoms with Crippen molar-refractivity contribution >= 4 is 6.16 Å². The third-order valence-corrected chi connectivity index (χ3v) is 2.70. The summed E-state index contributed by atoms with van der Waals surface area (Å²) in [6, 6.07) is 9.86. The summed E-state index contributed by atoms with van der Waals surface area (Å²) in [6.07, 6.45) is 3.33. The largest absolute Gasteiger partial charge is 0.506 e. The Morgan fingerprint density at radius 2 is 2.00 bits per heavy atom. The summed E-state index contributed by atoms with van der Waals surface area (Å²) in [5, 5.41) is 8.70. The summed E-state index contributed by atoms with van der Waals surface area (Å²) >= 11 is 0. The number of ether oxygens (including phenoxy) is 1. The first-order chi connectivity index (χ1) is 8.22. The van der Waals surface area contributed by atoms with Crippen LogP contribution in [0.25, 0.3) is 0 Å². The molecular weight excluding hydrogens is 216 g/mol. The molecule has 0 aromatic heterocycles. The average Bonchev–Trinajstić information content (AvgIpc) is 2.30. The molecule has 1 unspecified atom stereocenters. The molecule has 1 aromatic carbocycles. The molecule has 1 rings (SSSR count). The van der Waals surface area contributed by atoms with Gasteiger partial charge in [-0.15, -0.1) is 0 Å². The van der Waals surface area contributed by atoms with Crippen molar-refractivity contribution in [2.24, 2.45) is 0 Å². The molecule has 0 bridgehead atoms. The minimum atomic E-state index is -1.18. The lowest BCUT2D eigenvalue weighted by Gasteiger charge is -2.15. The van der Waals surface area contributed by atoms with Gasteiger partial charge in [0.25, 0.3) is 0 Å². The molecule has 0 radical (unpaired) electrons. The van der Waals surface area contributed by atoms with Gasteiger partial charge in [-0.1, -0.05) is 50.1 Å². The van der Waals surface area contributed by atoms with Gasteiger partial charge in [0.1, 0.15) is 6.10 Å². The molecule has 1 N–H and O–H groups in total. The van der Waals surface area contributed by atoms with Crippen molar-refractivity contribution in [2.45, 2.75) is 45.1 Å². The van der Waals surface area contributed by atoms with Crippen LogP contribution >= 0.6 is 0 Å². The molecule has 0 heterocycles. The lowest BCUT2D eigenvalue weighted by atomic mass is 10.0. The molecule has 0 fully saturated rings. The van der Waals surface area contributed by atoms with Crippen LogP contribution in [0.1, 0.15) is 38.2 Å². The monoisotopic (exact) mass is 236 g/mol. The van der Waals surface area contributed by atoms with E-state index >= 15 is 0 Å². The third kappa shape index (κ3) is 5.95. The number of rotatable bonds is 7. The first-order valence-electron chi connectivity index (χ1n) is 6.16. The third-order valence-electron chi connectivity index (χ3n) is 2.70. The predicted octanol–water partition coefficient (Wildman–Crippen LogP) is 3.87. The van der Waals surface area contributed by atoms with Crippen LogP contribution < -0.4 is 0 Å². The lowest BCUT2D eigenvalue weighted by molar-refractivity contribution is 0.0473. The van der Waals surface area contributed by atoms with Gasteiger partial charge in [-0.2, -0.15) is 0 Å². The van der Waals surface area contributed by atoms with Gasteiger partial charge in [0.05, 0.1) is 0 Å². The molecule has 0 aliphatic heterocycles. The van der Waals surface area contributed by atoms with E-state index in [-0.39, 0.29) is 6.10 Å². The summed E-state index contributed by atoms with van der Waals surface area (Å²) < 4.78 is 4.92. The fourth-order valence-corrected chi connectivity index (χ4v) is 1.84. The maximum atomic E-state index is 10.6. The Hall–Kier alpha value is -1.51. The zero-order valence-electron chi connectivity index (χ0n) is 10.3. The highest BCUT2D eigenvalue weighted by atomic mass is 16.7. The Balaban J connectivity index is 2.48. The molecule has 0 amide bonds. The predicted molar refractivity (Wildman–Crippen MR) is 67.2 cm³/mol. The van der Waals surface area contributed by atoms with Gasteiger partial charge < -0.3 is 9.84 Å². The average molecular weight is 236 g/mol. The second-order valence-electron chi connectivity index (χ2n) is 4.19. The van der Waals surface area contributed by atoms with Gasteiger partial charge in [0, 0.05) is 6.42 Å². The van der Waals surface area contributed by atoms with Crippen molar-refractivity contribution in [1.29, 1.82) is 0 Å². The Kier molecular flexibility index (Phi) is 6.15. The van der Waals surface area contributed by atoms with E-state index in [1.165, 1.54) is 0 Å². The molecule has 17 heavy (non-hydrogen) atoms. The summed E-state index contributed by atoms with van der Waals surface area (Å²) in [5.74, 6) is 0. The van der Waals surface area contributed by atoms with Crippen molar-refractivity contribution < 1.29 is 14.6 Å². The Morgan fingerprint density at radius 1 is 1.29 bits per heavy atom. The molecular formula is C14H20O3. The zero-order chi connectivity index (χ0) is 12.5. The normalized spacial score (nSPS) is 12.1. The van der Waals surface area contributed by atoms with Crippen LogP contribution in [-0.4, -0.2) is 17.4 Å². The molecule has 0 spiro atoms. The van der Waals surface area contributed by atoms with Crippen LogP contribution in [0, 0.1) is 0 Å². The van der Waals surface area contributed by atoms with Gasteiger partial charge in [0.15, 0.2) is 0 Å². The number of hydrogen-bond donors (Lipinski definition) is 1. The molecule has 0 aliphatic rings. The standard InChI is InChI=1S/C14H20O3/c1-2-3-5-10-13(17-14(15)16)11-12-8-6-4-7-9-12/h4,6-9,13H,2-3,5,10-11H2,1H3,(H,15,16). The number of benzene rings is 1. The Morgan fingerprint density at radius 3 is 2.59 bits per heavy atom. The summed E-state index contributed by atoms with van der Waals surface area (Å²) in [5.41, 5.74) is 1.12. The van der Waals surface area contributed by atoms with E-state index in [2.05, 4.69) is 6.92 Å². The quantitative estimate of drug-likeness (QED) is 0.577. The van der Waals surface area contributed by atoms with E-state index in [0.29, 0.717) is 6.42 Å². The minimum Gasteiger partial charge on any atom is -0.450 e. The van der Waals surface area contributed by atoms with Crippen molar-refractivity contribution in [1.82, 2.24) is 0 Å². The molecule has 3 heteroatoms. The second-order valence-corrected chi connectivity index (χ2v) is 4.19. The van der Waals surface area contributed by atoms with Crippen molar-refractivity contribution in [3.8, 4) is 0 Å². The van der Waals surface area contributed by atoms with Crippen LogP contribution in [0.15, 0.2) is 30.3 Å². The summed E-state index contributed by atoms with van der Waals surface area (Å²) in [7, 11) is 0. The van der Waals surface area contributed by atoms with Crippen molar-refractivity contribution in [3.05, 3.63) is 35.9 Å². The van der Waals surface area contributed by atoms with Crippen LogP contribution in [0.2, 0.25) is 0 Å². The Bertz CT molecular complexity index is 321. The second kappa shape index (κ2) is 7.71. The highest BCUT2D eigenvalue weighted by Crippen LogP contribution is 2.13. The van der Waals surface area contributed by atoms with Crippen LogP contribution in [-0.2, 0) is 11.2 Å². The molecule has 3 nitrogen and oxygen atoms in total. The maximum Gasteiger partial charge on any atom is 0.506 e. The minimum absolute atomic E-state index is 0.221. The van der Waals surface area contributed by atoms with Crippen LogP contribution in [0.4, 0.5) is 4.79 Å². The van der Waals surface area contributed by atoms with E-state index in [1.807, 2.05) is 30.3 Å². The number of unbranched alkanes of at least 4 members (excludes halogenated alkanes) is 2. The first-order valence-corrected chi connectivity index (χ1v) is 6.16. The SMILES string of the molecule is CCCCCC(Cc1ccccc1)OC(=O)O. The topological polar surface area (TPSA) is 46.5 Å². The van der Waals surface area contributed by atoms with E-state index in [4.69, 9.17) is 9.84 Å². The van der Waals surface area contributed by atoms with E-state index in [0.717, 1.165) is 31.2 Å². The number of carbonyl (C=O) groups is 1. The van der Waals surface area contributed by atoms with Gasteiger partial charge in [-0.25, -0.2) is 4.79 Å². The van der Waals surface area contributed by atoms with Gasteiger partial charge in [0.2, 0.25) is 0 Å².